The van der Waals surface area contributed by atoms with E-state index in [1.54, 1.807) is 0 Å². The minimum absolute atomic E-state index is 0.107. The highest BCUT2D eigenvalue weighted by Gasteiger charge is 2.60. The molecule has 14 heavy (non-hydrogen) atoms. The largest absolute Gasteiger partial charge is 0.342 e. The van der Waals surface area contributed by atoms with Crippen LogP contribution in [-0.4, -0.2) is 42.9 Å². The Labute approximate surface area is 81.4 Å². The van der Waals surface area contributed by atoms with Gasteiger partial charge in [-0.2, -0.15) is 0 Å². The maximum atomic E-state index is 13.5. The van der Waals surface area contributed by atoms with E-state index in [4.69, 9.17) is 0 Å². The Morgan fingerprint density at radius 3 is 2.57 bits per heavy atom. The number of amides is 1. The van der Waals surface area contributed by atoms with Gasteiger partial charge in [0.25, 0.3) is 5.92 Å². The van der Waals surface area contributed by atoms with Crippen LogP contribution in [0.5, 0.6) is 0 Å². The second kappa shape index (κ2) is 2.89. The van der Waals surface area contributed by atoms with Crippen LogP contribution in [0.25, 0.3) is 0 Å². The monoisotopic (exact) mass is 204 g/mol. The highest BCUT2D eigenvalue weighted by molar-refractivity contribution is 5.73. The van der Waals surface area contributed by atoms with Crippen molar-refractivity contribution in [3.8, 4) is 0 Å². The number of nitrogens with one attached hydrogen (secondary N) is 1. The van der Waals surface area contributed by atoms with Crippen molar-refractivity contribution >= 4 is 5.91 Å². The van der Waals surface area contributed by atoms with E-state index in [0.717, 1.165) is 0 Å². The Morgan fingerprint density at radius 2 is 2.14 bits per heavy atom. The number of carbonyl (C=O) groups is 1. The molecule has 2 heterocycles. The number of hydrogen-bond donors (Lipinski definition) is 1. The molecule has 2 rings (SSSR count). The van der Waals surface area contributed by atoms with Gasteiger partial charge >= 0.3 is 0 Å². The molecule has 0 radical (unpaired) electrons. The topological polar surface area (TPSA) is 32.3 Å². The normalized spacial score (nSPS) is 35.5. The highest BCUT2D eigenvalue weighted by atomic mass is 19.3. The molecule has 0 aromatic rings. The summed E-state index contributed by atoms with van der Waals surface area (Å²) in [6.45, 7) is 2.16. The predicted octanol–water partition coefficient (Wildman–Crippen LogP) is 0.464. The minimum Gasteiger partial charge on any atom is -0.342 e. The van der Waals surface area contributed by atoms with Gasteiger partial charge in [0.2, 0.25) is 5.91 Å². The fourth-order valence-electron chi connectivity index (χ4n) is 2.36. The predicted molar refractivity (Wildman–Crippen MR) is 47.1 cm³/mol. The maximum absolute atomic E-state index is 13.5. The summed E-state index contributed by atoms with van der Waals surface area (Å²) >= 11 is 0. The lowest BCUT2D eigenvalue weighted by Crippen LogP contribution is -2.43. The van der Waals surface area contributed by atoms with Gasteiger partial charge in [-0.1, -0.05) is 0 Å². The molecular weight excluding hydrogens is 190 g/mol. The molecule has 2 aliphatic heterocycles. The van der Waals surface area contributed by atoms with Gasteiger partial charge in [0, 0.05) is 26.6 Å². The van der Waals surface area contributed by atoms with Crippen LogP contribution < -0.4 is 5.32 Å². The Bertz CT molecular complexity index is 270. The Balaban J connectivity index is 2.16. The van der Waals surface area contributed by atoms with Crippen LogP contribution in [-0.2, 0) is 4.79 Å². The molecule has 0 aromatic heterocycles. The molecule has 2 aliphatic rings. The fourth-order valence-corrected chi connectivity index (χ4v) is 2.36. The van der Waals surface area contributed by atoms with Crippen molar-refractivity contribution in [3.05, 3.63) is 0 Å². The zero-order valence-corrected chi connectivity index (χ0v) is 8.15. The molecule has 1 N–H and O–H groups in total. The lowest BCUT2D eigenvalue weighted by atomic mass is 9.83. The number of alkyl halides is 2. The first kappa shape index (κ1) is 9.83. The average molecular weight is 204 g/mol. The second-order valence-corrected chi connectivity index (χ2v) is 4.28. The molecule has 0 aromatic carbocycles. The average Bonchev–Trinajstić information content (AvgIpc) is 2.60. The molecule has 0 bridgehead atoms. The smallest absolute Gasteiger partial charge is 0.268 e. The van der Waals surface area contributed by atoms with E-state index in [9.17, 15) is 13.6 Å². The van der Waals surface area contributed by atoms with Gasteiger partial charge in [-0.15, -0.1) is 0 Å². The quantitative estimate of drug-likeness (QED) is 0.622. The maximum Gasteiger partial charge on any atom is 0.268 e. The third-order valence-electron chi connectivity index (χ3n) is 3.39. The van der Waals surface area contributed by atoms with E-state index in [-0.39, 0.29) is 19.0 Å². The third-order valence-corrected chi connectivity index (χ3v) is 3.39. The standard InChI is InChI=1S/C9H14F2N2O/c1-7(14)13-3-2-8(6-13)4-12-5-9(8,10)11/h12H,2-6H2,1H3. The van der Waals surface area contributed by atoms with Crippen molar-refractivity contribution in [3.63, 3.8) is 0 Å². The molecule has 1 unspecified atom stereocenters. The van der Waals surface area contributed by atoms with Gasteiger partial charge < -0.3 is 10.2 Å². The van der Waals surface area contributed by atoms with Crippen LogP contribution >= 0.6 is 0 Å². The van der Waals surface area contributed by atoms with Crippen molar-refractivity contribution < 1.29 is 13.6 Å². The molecule has 1 spiro atoms. The first-order chi connectivity index (χ1) is 6.47. The minimum atomic E-state index is -2.67. The first-order valence-corrected chi connectivity index (χ1v) is 4.81. The summed E-state index contributed by atoms with van der Waals surface area (Å²) in [7, 11) is 0. The molecule has 3 nitrogen and oxygen atoms in total. The van der Waals surface area contributed by atoms with Crippen LogP contribution in [0.1, 0.15) is 13.3 Å². The lowest BCUT2D eigenvalue weighted by Gasteiger charge is -2.29. The van der Waals surface area contributed by atoms with Crippen molar-refractivity contribution in [2.24, 2.45) is 5.41 Å². The van der Waals surface area contributed by atoms with E-state index >= 15 is 0 Å². The number of nitrogens with zero attached hydrogens (tertiary/aromatic N) is 1. The van der Waals surface area contributed by atoms with E-state index < -0.39 is 11.3 Å². The van der Waals surface area contributed by atoms with Crippen LogP contribution in [0.4, 0.5) is 8.78 Å². The van der Waals surface area contributed by atoms with Crippen LogP contribution in [0.2, 0.25) is 0 Å². The van der Waals surface area contributed by atoms with E-state index in [1.165, 1.54) is 11.8 Å². The van der Waals surface area contributed by atoms with Gasteiger partial charge in [0.05, 0.1) is 12.0 Å². The van der Waals surface area contributed by atoms with E-state index in [0.29, 0.717) is 19.5 Å². The number of rotatable bonds is 0. The van der Waals surface area contributed by atoms with Crippen LogP contribution in [0.3, 0.4) is 0 Å². The number of hydrogen-bond acceptors (Lipinski definition) is 2. The molecule has 0 aliphatic carbocycles. The van der Waals surface area contributed by atoms with Gasteiger partial charge in [0.1, 0.15) is 0 Å². The Morgan fingerprint density at radius 1 is 1.43 bits per heavy atom. The number of likely N-dealkylation sites (tertiary alicyclic amines) is 1. The van der Waals surface area contributed by atoms with Gasteiger partial charge in [-0.25, -0.2) is 8.78 Å². The molecule has 80 valence electrons. The summed E-state index contributed by atoms with van der Waals surface area (Å²) in [6.07, 6.45) is 0.409. The van der Waals surface area contributed by atoms with Gasteiger partial charge in [-0.05, 0) is 6.42 Å². The van der Waals surface area contributed by atoms with Crippen molar-refractivity contribution in [2.75, 3.05) is 26.2 Å². The summed E-state index contributed by atoms with van der Waals surface area (Å²) in [5.41, 5.74) is -1.00. The molecule has 5 heteroatoms. The van der Waals surface area contributed by atoms with Crippen molar-refractivity contribution in [1.82, 2.24) is 10.2 Å². The fraction of sp³-hybridized carbons (Fsp3) is 0.889. The molecular formula is C9H14F2N2O. The first-order valence-electron chi connectivity index (χ1n) is 4.81. The lowest BCUT2D eigenvalue weighted by molar-refractivity contribution is -0.129. The van der Waals surface area contributed by atoms with E-state index in [1.807, 2.05) is 0 Å². The Hall–Kier alpha value is -0.710. The SMILES string of the molecule is CC(=O)N1CCC2(CNCC2(F)F)C1. The van der Waals surface area contributed by atoms with Crippen LogP contribution in [0, 0.1) is 5.41 Å². The summed E-state index contributed by atoms with van der Waals surface area (Å²) in [6, 6.07) is 0. The summed E-state index contributed by atoms with van der Waals surface area (Å²) in [4.78, 5) is 12.6. The zero-order valence-electron chi connectivity index (χ0n) is 8.15. The number of halogens is 2. The molecule has 1 amide bonds. The van der Waals surface area contributed by atoms with E-state index in [2.05, 4.69) is 5.32 Å². The third kappa shape index (κ3) is 1.22. The zero-order chi connectivity index (χ0) is 10.4. The summed E-state index contributed by atoms with van der Waals surface area (Å²) < 4.78 is 27.1. The highest BCUT2D eigenvalue weighted by Crippen LogP contribution is 2.46. The van der Waals surface area contributed by atoms with Crippen molar-refractivity contribution in [2.45, 2.75) is 19.3 Å². The Kier molecular flexibility index (Phi) is 2.03. The second-order valence-electron chi connectivity index (χ2n) is 4.28. The molecule has 0 saturated carbocycles. The van der Waals surface area contributed by atoms with Crippen molar-refractivity contribution in [1.29, 1.82) is 0 Å². The van der Waals surface area contributed by atoms with Gasteiger partial charge in [0.15, 0.2) is 0 Å². The number of carbonyl (C=O) groups excluding carboxylic acids is 1. The molecule has 2 fully saturated rings. The molecule has 1 atom stereocenters. The summed E-state index contributed by atoms with van der Waals surface area (Å²) in [5, 5.41) is 2.72. The van der Waals surface area contributed by atoms with Crippen LogP contribution in [0.15, 0.2) is 0 Å². The molecule has 2 saturated heterocycles. The summed E-state index contributed by atoms with van der Waals surface area (Å²) in [5.74, 6) is -2.78. The van der Waals surface area contributed by atoms with Gasteiger partial charge in [-0.3, -0.25) is 4.79 Å².